The summed E-state index contributed by atoms with van der Waals surface area (Å²) in [5.41, 5.74) is 0.483. The van der Waals surface area contributed by atoms with Gasteiger partial charge in [-0.25, -0.2) is 4.98 Å². The van der Waals surface area contributed by atoms with E-state index in [1.807, 2.05) is 4.90 Å². The zero-order chi connectivity index (χ0) is 15.6. The third-order valence-electron chi connectivity index (χ3n) is 5.86. The molecule has 3 aliphatic heterocycles. The lowest BCUT2D eigenvalue weighted by molar-refractivity contribution is 0.0726. The number of carbonyl (C=O) groups excluding carboxylic acids is 1. The average molecular weight is 314 g/mol. The first-order valence-corrected chi connectivity index (χ1v) is 9.09. The standard InChI is InChI=1S/C18H26N4O/c23-18(17-9-19-7-8-20-17)22-12-15-5-6-16(13-22)21(11-15)10-14-3-1-2-4-14/h7-9,14-16H,1-6,10-13H2/t15-,16-/m0/s1. The normalized spacial score (nSPS) is 29.0. The SMILES string of the molecule is O=C(c1cnccn1)N1C[C@H]2CC[C@@H](C1)N(CC1CCCC1)C2. The summed E-state index contributed by atoms with van der Waals surface area (Å²) in [4.78, 5) is 25.7. The Kier molecular flexibility index (Phi) is 4.29. The van der Waals surface area contributed by atoms with E-state index in [0.717, 1.165) is 19.0 Å². The second kappa shape index (κ2) is 6.56. The fourth-order valence-corrected chi connectivity index (χ4v) is 4.66. The average Bonchev–Trinajstić information content (AvgIpc) is 2.93. The van der Waals surface area contributed by atoms with E-state index in [9.17, 15) is 4.79 Å². The molecule has 1 aromatic heterocycles. The van der Waals surface area contributed by atoms with Crippen LogP contribution in [0, 0.1) is 11.8 Å². The van der Waals surface area contributed by atoms with Crippen molar-refractivity contribution in [3.63, 3.8) is 0 Å². The summed E-state index contributed by atoms with van der Waals surface area (Å²) in [6.45, 7) is 4.16. The van der Waals surface area contributed by atoms with Crippen LogP contribution in [0.25, 0.3) is 0 Å². The third kappa shape index (κ3) is 3.25. The molecular formula is C18H26N4O. The minimum atomic E-state index is 0.0534. The van der Waals surface area contributed by atoms with Crippen molar-refractivity contribution >= 4 is 5.91 Å². The number of piperidine rings is 1. The van der Waals surface area contributed by atoms with E-state index in [1.54, 1.807) is 18.6 Å². The number of carbonyl (C=O) groups is 1. The van der Waals surface area contributed by atoms with E-state index in [1.165, 1.54) is 51.6 Å². The molecule has 2 atom stereocenters. The van der Waals surface area contributed by atoms with E-state index in [2.05, 4.69) is 14.9 Å². The molecule has 5 nitrogen and oxygen atoms in total. The molecule has 2 bridgehead atoms. The largest absolute Gasteiger partial charge is 0.335 e. The lowest BCUT2D eigenvalue weighted by Gasteiger charge is -2.37. The molecular weight excluding hydrogens is 288 g/mol. The summed E-state index contributed by atoms with van der Waals surface area (Å²) in [6, 6.07) is 0.537. The van der Waals surface area contributed by atoms with Crippen molar-refractivity contribution in [3.05, 3.63) is 24.3 Å². The van der Waals surface area contributed by atoms with Gasteiger partial charge in [0, 0.05) is 44.6 Å². The maximum atomic E-state index is 12.7. The van der Waals surface area contributed by atoms with Crippen molar-refractivity contribution in [3.8, 4) is 0 Å². The topological polar surface area (TPSA) is 49.3 Å². The van der Waals surface area contributed by atoms with E-state index >= 15 is 0 Å². The number of hydrogen-bond acceptors (Lipinski definition) is 4. The van der Waals surface area contributed by atoms with E-state index in [4.69, 9.17) is 0 Å². The quantitative estimate of drug-likeness (QED) is 0.858. The second-order valence-electron chi connectivity index (χ2n) is 7.50. The van der Waals surface area contributed by atoms with Crippen LogP contribution in [0.5, 0.6) is 0 Å². The summed E-state index contributed by atoms with van der Waals surface area (Å²) >= 11 is 0. The molecule has 0 unspecified atom stereocenters. The number of aromatic nitrogens is 2. The van der Waals surface area contributed by atoms with Gasteiger partial charge in [0.15, 0.2) is 0 Å². The van der Waals surface area contributed by atoms with Gasteiger partial charge in [-0.15, -0.1) is 0 Å². The fourth-order valence-electron chi connectivity index (χ4n) is 4.66. The van der Waals surface area contributed by atoms with Crippen LogP contribution in [0.3, 0.4) is 0 Å². The Hall–Kier alpha value is -1.49. The molecule has 0 N–H and O–H groups in total. The van der Waals surface area contributed by atoms with Gasteiger partial charge in [-0.1, -0.05) is 12.8 Å². The minimum Gasteiger partial charge on any atom is -0.335 e. The van der Waals surface area contributed by atoms with Crippen LogP contribution in [-0.4, -0.2) is 57.9 Å². The molecule has 4 heterocycles. The summed E-state index contributed by atoms with van der Waals surface area (Å²) in [6.07, 6.45) is 12.9. The molecule has 0 radical (unpaired) electrons. The maximum Gasteiger partial charge on any atom is 0.274 e. The lowest BCUT2D eigenvalue weighted by atomic mass is 9.93. The van der Waals surface area contributed by atoms with Crippen LogP contribution in [0.2, 0.25) is 0 Å². The van der Waals surface area contributed by atoms with Crippen molar-refractivity contribution in [2.75, 3.05) is 26.2 Å². The Bertz CT molecular complexity index is 543. The first-order valence-electron chi connectivity index (χ1n) is 9.09. The van der Waals surface area contributed by atoms with Gasteiger partial charge >= 0.3 is 0 Å². The van der Waals surface area contributed by atoms with Crippen LogP contribution in [-0.2, 0) is 0 Å². The number of rotatable bonds is 3. The molecule has 0 spiro atoms. The van der Waals surface area contributed by atoms with E-state index in [-0.39, 0.29) is 5.91 Å². The maximum absolute atomic E-state index is 12.7. The molecule has 1 saturated carbocycles. The van der Waals surface area contributed by atoms with Gasteiger partial charge in [-0.3, -0.25) is 14.7 Å². The van der Waals surface area contributed by atoms with Crippen LogP contribution in [0.4, 0.5) is 0 Å². The highest BCUT2D eigenvalue weighted by Gasteiger charge is 2.37. The molecule has 1 amide bonds. The molecule has 124 valence electrons. The number of amides is 1. The smallest absolute Gasteiger partial charge is 0.274 e. The third-order valence-corrected chi connectivity index (χ3v) is 5.86. The van der Waals surface area contributed by atoms with Crippen molar-refractivity contribution < 1.29 is 4.79 Å². The van der Waals surface area contributed by atoms with Crippen molar-refractivity contribution in [2.24, 2.45) is 11.8 Å². The Morgan fingerprint density at radius 1 is 1.09 bits per heavy atom. The Labute approximate surface area is 138 Å². The van der Waals surface area contributed by atoms with Gasteiger partial charge in [0.25, 0.3) is 5.91 Å². The zero-order valence-electron chi connectivity index (χ0n) is 13.7. The summed E-state index contributed by atoms with van der Waals surface area (Å²) in [5.74, 6) is 1.56. The highest BCUT2D eigenvalue weighted by Crippen LogP contribution is 2.32. The molecule has 23 heavy (non-hydrogen) atoms. The fraction of sp³-hybridized carbons (Fsp3) is 0.722. The highest BCUT2D eigenvalue weighted by atomic mass is 16.2. The van der Waals surface area contributed by atoms with Crippen molar-refractivity contribution in [1.82, 2.24) is 19.8 Å². The molecule has 5 rings (SSSR count). The van der Waals surface area contributed by atoms with Gasteiger partial charge in [0.05, 0.1) is 6.20 Å². The number of fused-ring (bicyclic) bond motifs is 4. The van der Waals surface area contributed by atoms with Crippen LogP contribution >= 0.6 is 0 Å². The first kappa shape index (κ1) is 15.1. The van der Waals surface area contributed by atoms with Gasteiger partial charge < -0.3 is 4.90 Å². The predicted octanol–water partition coefficient (Wildman–Crippen LogP) is 2.20. The van der Waals surface area contributed by atoms with Crippen LogP contribution < -0.4 is 0 Å². The number of nitrogens with zero attached hydrogens (tertiary/aromatic N) is 4. The summed E-state index contributed by atoms with van der Waals surface area (Å²) in [5, 5.41) is 0. The van der Waals surface area contributed by atoms with E-state index < -0.39 is 0 Å². The molecule has 1 aromatic rings. The minimum absolute atomic E-state index is 0.0534. The zero-order valence-corrected chi connectivity index (χ0v) is 13.7. The van der Waals surface area contributed by atoms with Crippen molar-refractivity contribution in [1.29, 1.82) is 0 Å². The molecule has 5 heteroatoms. The predicted molar refractivity (Wildman–Crippen MR) is 88.0 cm³/mol. The Morgan fingerprint density at radius 3 is 2.74 bits per heavy atom. The first-order chi connectivity index (χ1) is 11.3. The van der Waals surface area contributed by atoms with Gasteiger partial charge in [-0.2, -0.15) is 0 Å². The second-order valence-corrected chi connectivity index (χ2v) is 7.50. The molecule has 4 fully saturated rings. The molecule has 3 saturated heterocycles. The number of hydrogen-bond donors (Lipinski definition) is 0. The van der Waals surface area contributed by atoms with Crippen LogP contribution in [0.15, 0.2) is 18.6 Å². The van der Waals surface area contributed by atoms with Crippen LogP contribution in [0.1, 0.15) is 49.0 Å². The lowest BCUT2D eigenvalue weighted by Crippen LogP contribution is -2.46. The van der Waals surface area contributed by atoms with Gasteiger partial charge in [0.2, 0.25) is 0 Å². The summed E-state index contributed by atoms with van der Waals surface area (Å²) in [7, 11) is 0. The molecule has 0 aromatic carbocycles. The Balaban J connectivity index is 1.45. The summed E-state index contributed by atoms with van der Waals surface area (Å²) < 4.78 is 0. The van der Waals surface area contributed by atoms with Gasteiger partial charge in [0.1, 0.15) is 5.69 Å². The van der Waals surface area contributed by atoms with Gasteiger partial charge in [-0.05, 0) is 37.5 Å². The van der Waals surface area contributed by atoms with Crippen molar-refractivity contribution in [2.45, 2.75) is 44.6 Å². The molecule has 1 aliphatic carbocycles. The highest BCUT2D eigenvalue weighted by molar-refractivity contribution is 5.92. The van der Waals surface area contributed by atoms with E-state index in [0.29, 0.717) is 17.7 Å². The monoisotopic (exact) mass is 314 g/mol. The molecule has 4 aliphatic rings. The Morgan fingerprint density at radius 2 is 1.96 bits per heavy atom.